The monoisotopic (exact) mass is 333 g/mol. The Hall–Kier alpha value is -2.55. The van der Waals surface area contributed by atoms with Gasteiger partial charge in [-0.3, -0.25) is 4.79 Å². The van der Waals surface area contributed by atoms with Crippen LogP contribution in [0.4, 0.5) is 14.5 Å². The van der Waals surface area contributed by atoms with Gasteiger partial charge < -0.3 is 10.6 Å². The van der Waals surface area contributed by atoms with Gasteiger partial charge in [0.05, 0.1) is 5.69 Å². The number of rotatable bonds is 5. The summed E-state index contributed by atoms with van der Waals surface area (Å²) in [5.41, 5.74) is 8.84. The lowest BCUT2D eigenvalue weighted by molar-refractivity contribution is -0.123. The van der Waals surface area contributed by atoms with Crippen LogP contribution >= 0.6 is 0 Å². The van der Waals surface area contributed by atoms with Gasteiger partial charge in [-0.2, -0.15) is 5.53 Å². The first-order valence-electron chi connectivity index (χ1n) is 7.43. The molecule has 1 amide bonds. The smallest absolute Gasteiger partial charge is 0.242 e. The van der Waals surface area contributed by atoms with E-state index in [0.29, 0.717) is 5.56 Å². The Morgan fingerprint density at radius 3 is 2.46 bits per heavy atom. The number of carbonyl (C=O) groups is 1. The summed E-state index contributed by atoms with van der Waals surface area (Å²) in [7, 11) is 0. The zero-order chi connectivity index (χ0) is 16.9. The number of hydrogen-bond donors (Lipinski definition) is 5. The van der Waals surface area contributed by atoms with Gasteiger partial charge in [0.15, 0.2) is 0 Å². The molecule has 1 aliphatic heterocycles. The van der Waals surface area contributed by atoms with Crippen LogP contribution in [0, 0.1) is 11.6 Å². The quantitative estimate of drug-likeness (QED) is 0.564. The van der Waals surface area contributed by atoms with Crippen molar-refractivity contribution in [2.24, 2.45) is 0 Å². The van der Waals surface area contributed by atoms with Crippen LogP contribution in [0.2, 0.25) is 0 Å². The number of halogens is 2. The van der Waals surface area contributed by atoms with Gasteiger partial charge in [0, 0.05) is 12.1 Å². The molecule has 126 valence electrons. The fraction of sp³-hybridized carbons (Fsp3) is 0.188. The van der Waals surface area contributed by atoms with Crippen molar-refractivity contribution in [3.05, 3.63) is 65.7 Å². The van der Waals surface area contributed by atoms with Gasteiger partial charge in [0.2, 0.25) is 5.91 Å². The Labute approximate surface area is 137 Å². The summed E-state index contributed by atoms with van der Waals surface area (Å²) < 4.78 is 27.3. The summed E-state index contributed by atoms with van der Waals surface area (Å²) in [6.07, 6.45) is -0.581. The van der Waals surface area contributed by atoms with Crippen molar-refractivity contribution in [2.45, 2.75) is 18.8 Å². The number of anilines is 1. The highest BCUT2D eigenvalue weighted by Crippen LogP contribution is 2.15. The predicted octanol–water partition coefficient (Wildman–Crippen LogP) is 1.00. The summed E-state index contributed by atoms with van der Waals surface area (Å²) in [5, 5.41) is 5.56. The van der Waals surface area contributed by atoms with Crippen LogP contribution in [-0.4, -0.2) is 18.1 Å². The van der Waals surface area contributed by atoms with Crippen LogP contribution < -0.4 is 27.0 Å². The van der Waals surface area contributed by atoms with Gasteiger partial charge >= 0.3 is 0 Å². The summed E-state index contributed by atoms with van der Waals surface area (Å²) in [5.74, 6) is -1.16. The van der Waals surface area contributed by atoms with Gasteiger partial charge in [-0.25, -0.2) is 19.6 Å². The standard InChI is InChI=1S/C16H17F2N5O/c17-11-6-2-1-5-10(11)9-19-16(24)14-15(22-23-21-14)20-13-8-4-3-7-12(13)18/h1-8,14-15,20-23H,9H2,(H,19,24). The second-order valence-corrected chi connectivity index (χ2v) is 5.30. The first kappa shape index (κ1) is 16.3. The second kappa shape index (κ2) is 7.35. The molecule has 3 rings (SSSR count). The summed E-state index contributed by atoms with van der Waals surface area (Å²) in [4.78, 5) is 12.3. The average molecular weight is 333 g/mol. The molecule has 5 N–H and O–H groups in total. The Bertz CT molecular complexity index is 727. The van der Waals surface area contributed by atoms with Crippen LogP contribution in [0.3, 0.4) is 0 Å². The van der Waals surface area contributed by atoms with E-state index in [9.17, 15) is 13.6 Å². The number of amides is 1. The van der Waals surface area contributed by atoms with Crippen molar-refractivity contribution < 1.29 is 13.6 Å². The number of para-hydroxylation sites is 1. The van der Waals surface area contributed by atoms with E-state index < -0.39 is 18.0 Å². The number of benzene rings is 2. The molecule has 2 unspecified atom stereocenters. The van der Waals surface area contributed by atoms with E-state index in [4.69, 9.17) is 0 Å². The first-order chi connectivity index (χ1) is 11.6. The zero-order valence-corrected chi connectivity index (χ0v) is 12.6. The molecule has 24 heavy (non-hydrogen) atoms. The van der Waals surface area contributed by atoms with E-state index in [1.165, 1.54) is 12.1 Å². The van der Waals surface area contributed by atoms with Crippen LogP contribution in [0.1, 0.15) is 5.56 Å². The molecule has 1 heterocycles. The Morgan fingerprint density at radius 2 is 1.71 bits per heavy atom. The maximum Gasteiger partial charge on any atom is 0.242 e. The van der Waals surface area contributed by atoms with Crippen molar-refractivity contribution in [1.29, 1.82) is 0 Å². The SMILES string of the molecule is O=C(NCc1ccccc1F)C1NNNC1Nc1ccccc1F. The van der Waals surface area contributed by atoms with E-state index >= 15 is 0 Å². The predicted molar refractivity (Wildman–Crippen MR) is 85.3 cm³/mol. The van der Waals surface area contributed by atoms with Crippen molar-refractivity contribution in [2.75, 3.05) is 5.32 Å². The molecule has 0 aliphatic carbocycles. The maximum atomic E-state index is 13.7. The van der Waals surface area contributed by atoms with Crippen molar-refractivity contribution in [3.63, 3.8) is 0 Å². The molecule has 6 nitrogen and oxygen atoms in total. The highest BCUT2D eigenvalue weighted by atomic mass is 19.1. The summed E-state index contributed by atoms with van der Waals surface area (Å²) >= 11 is 0. The van der Waals surface area contributed by atoms with Gasteiger partial charge in [0.1, 0.15) is 23.8 Å². The topological polar surface area (TPSA) is 77.2 Å². The minimum atomic E-state index is -0.712. The molecular weight excluding hydrogens is 316 g/mol. The lowest BCUT2D eigenvalue weighted by atomic mass is 10.2. The highest BCUT2D eigenvalue weighted by molar-refractivity contribution is 5.83. The lowest BCUT2D eigenvalue weighted by Crippen LogP contribution is -2.50. The van der Waals surface area contributed by atoms with E-state index in [1.54, 1.807) is 36.4 Å². The van der Waals surface area contributed by atoms with Crippen molar-refractivity contribution >= 4 is 11.6 Å². The van der Waals surface area contributed by atoms with Crippen LogP contribution in [0.15, 0.2) is 48.5 Å². The molecule has 2 aromatic rings. The molecule has 0 aromatic heterocycles. The van der Waals surface area contributed by atoms with Gasteiger partial charge in [-0.15, -0.1) is 0 Å². The molecule has 1 saturated heterocycles. The van der Waals surface area contributed by atoms with Gasteiger partial charge in [0.25, 0.3) is 0 Å². The normalized spacial score (nSPS) is 19.9. The molecule has 2 atom stereocenters. The fourth-order valence-electron chi connectivity index (χ4n) is 2.38. The number of hydrazine groups is 2. The van der Waals surface area contributed by atoms with Gasteiger partial charge in [-0.05, 0) is 18.2 Å². The van der Waals surface area contributed by atoms with Crippen LogP contribution in [0.25, 0.3) is 0 Å². The van der Waals surface area contributed by atoms with E-state index in [1.807, 2.05) is 0 Å². The van der Waals surface area contributed by atoms with Gasteiger partial charge in [-0.1, -0.05) is 30.3 Å². The molecule has 2 aromatic carbocycles. The minimum Gasteiger partial charge on any atom is -0.365 e. The summed E-state index contributed by atoms with van der Waals surface area (Å²) in [6.45, 7) is 0.0656. The largest absolute Gasteiger partial charge is 0.365 e. The third-order valence-electron chi connectivity index (χ3n) is 3.67. The Balaban J connectivity index is 1.61. The van der Waals surface area contributed by atoms with Crippen molar-refractivity contribution in [1.82, 2.24) is 21.7 Å². The second-order valence-electron chi connectivity index (χ2n) is 5.30. The molecule has 0 radical (unpaired) electrons. The first-order valence-corrected chi connectivity index (χ1v) is 7.43. The van der Waals surface area contributed by atoms with Crippen LogP contribution in [0.5, 0.6) is 0 Å². The Kier molecular flexibility index (Phi) is 4.99. The minimum absolute atomic E-state index is 0.0656. The fourth-order valence-corrected chi connectivity index (χ4v) is 2.38. The third kappa shape index (κ3) is 3.67. The maximum absolute atomic E-state index is 13.7. The molecule has 0 spiro atoms. The number of carbonyl (C=O) groups excluding carboxylic acids is 1. The number of nitrogens with one attached hydrogen (secondary N) is 5. The number of hydrogen-bond acceptors (Lipinski definition) is 5. The highest BCUT2D eigenvalue weighted by Gasteiger charge is 2.33. The molecular formula is C16H17F2N5O. The van der Waals surface area contributed by atoms with E-state index in [2.05, 4.69) is 27.0 Å². The Morgan fingerprint density at radius 1 is 1.00 bits per heavy atom. The van der Waals surface area contributed by atoms with Crippen LogP contribution in [-0.2, 0) is 11.3 Å². The molecule has 8 heteroatoms. The molecule has 0 saturated carbocycles. The summed E-state index contributed by atoms with van der Waals surface area (Å²) in [6, 6.07) is 11.7. The van der Waals surface area contributed by atoms with Crippen molar-refractivity contribution in [3.8, 4) is 0 Å². The van der Waals surface area contributed by atoms with E-state index in [0.717, 1.165) is 0 Å². The lowest BCUT2D eigenvalue weighted by Gasteiger charge is -2.20. The molecule has 1 fully saturated rings. The average Bonchev–Trinajstić information content (AvgIpc) is 3.04. The molecule has 0 bridgehead atoms. The zero-order valence-electron chi connectivity index (χ0n) is 12.6. The third-order valence-corrected chi connectivity index (χ3v) is 3.67. The molecule has 1 aliphatic rings. The van der Waals surface area contributed by atoms with E-state index in [-0.39, 0.29) is 24.0 Å².